The van der Waals surface area contributed by atoms with E-state index in [9.17, 15) is 9.90 Å². The summed E-state index contributed by atoms with van der Waals surface area (Å²) in [7, 11) is 1.59. The first kappa shape index (κ1) is 25.5. The molecule has 0 bridgehead atoms. The minimum atomic E-state index is -1.13. The van der Waals surface area contributed by atoms with E-state index in [4.69, 9.17) is 4.74 Å². The second kappa shape index (κ2) is 12.4. The summed E-state index contributed by atoms with van der Waals surface area (Å²) >= 11 is 0. The molecule has 0 spiro atoms. The van der Waals surface area contributed by atoms with Gasteiger partial charge < -0.3 is 9.84 Å². The zero-order valence-electron chi connectivity index (χ0n) is 20.4. The Bertz CT molecular complexity index is 1230. The van der Waals surface area contributed by atoms with Crippen LogP contribution in [0.15, 0.2) is 49.1 Å². The Labute approximate surface area is 210 Å². The number of halogens is 1. The molecule has 2 unspecified atom stereocenters. The molecular weight excluding hydrogens is 459 g/mol. The lowest BCUT2D eigenvalue weighted by atomic mass is 9.79. The Morgan fingerprint density at radius 1 is 1.22 bits per heavy atom. The third-order valence-electron chi connectivity index (χ3n) is 6.92. The molecule has 0 aliphatic carbocycles. The van der Waals surface area contributed by atoms with Gasteiger partial charge in [-0.3, -0.25) is 14.7 Å². The van der Waals surface area contributed by atoms with Crippen LogP contribution in [0.1, 0.15) is 49.5 Å². The Morgan fingerprint density at radius 2 is 2.11 bits per heavy atom. The van der Waals surface area contributed by atoms with Crippen molar-refractivity contribution in [1.82, 2.24) is 19.9 Å². The Morgan fingerprint density at radius 3 is 2.89 bits per heavy atom. The van der Waals surface area contributed by atoms with Crippen molar-refractivity contribution in [3.63, 3.8) is 0 Å². The summed E-state index contributed by atoms with van der Waals surface area (Å²) in [5.41, 5.74) is 2.04. The van der Waals surface area contributed by atoms with Gasteiger partial charge in [0.1, 0.15) is 23.9 Å². The van der Waals surface area contributed by atoms with Gasteiger partial charge >= 0.3 is 5.97 Å². The predicted molar refractivity (Wildman–Crippen MR) is 135 cm³/mol. The Balaban J connectivity index is 1.39. The molecule has 3 atom stereocenters. The molecule has 4 rings (SSSR count). The molecule has 2 aromatic heterocycles. The van der Waals surface area contributed by atoms with E-state index in [2.05, 4.69) is 31.7 Å². The number of hydrogen-bond acceptors (Lipinski definition) is 6. The largest absolute Gasteiger partial charge is 0.497 e. The van der Waals surface area contributed by atoms with Crippen LogP contribution in [-0.2, 0) is 4.79 Å². The topological polar surface area (TPSA) is 88.4 Å². The number of carboxylic acids is 1. The van der Waals surface area contributed by atoms with E-state index in [0.717, 1.165) is 30.4 Å². The van der Waals surface area contributed by atoms with Crippen molar-refractivity contribution in [2.24, 2.45) is 11.8 Å². The number of benzene rings is 1. The fourth-order valence-electron chi connectivity index (χ4n) is 4.98. The van der Waals surface area contributed by atoms with E-state index in [1.165, 1.54) is 6.33 Å². The van der Waals surface area contributed by atoms with Crippen molar-refractivity contribution in [3.05, 3.63) is 60.3 Å². The zero-order chi connectivity index (χ0) is 25.3. The van der Waals surface area contributed by atoms with E-state index in [0.29, 0.717) is 42.8 Å². The molecule has 1 aromatic carbocycles. The number of rotatable bonds is 9. The summed E-state index contributed by atoms with van der Waals surface area (Å²) in [6.07, 6.45) is 6.36. The van der Waals surface area contributed by atoms with Crippen molar-refractivity contribution >= 4 is 16.9 Å². The first-order valence-corrected chi connectivity index (χ1v) is 12.3. The van der Waals surface area contributed by atoms with E-state index in [-0.39, 0.29) is 18.3 Å². The second-order valence-corrected chi connectivity index (χ2v) is 9.20. The number of hydrogen-bond donors (Lipinski definition) is 1. The van der Waals surface area contributed by atoms with Gasteiger partial charge in [-0.05, 0) is 85.9 Å². The van der Waals surface area contributed by atoms with Crippen LogP contribution in [0.4, 0.5) is 4.39 Å². The van der Waals surface area contributed by atoms with Crippen molar-refractivity contribution in [2.45, 2.75) is 38.3 Å². The molecule has 188 valence electrons. The highest BCUT2D eigenvalue weighted by molar-refractivity contribution is 5.83. The number of fused-ring (bicyclic) bond motifs is 1. The minimum absolute atomic E-state index is 0.120. The van der Waals surface area contributed by atoms with Crippen molar-refractivity contribution in [3.8, 4) is 17.6 Å². The lowest BCUT2D eigenvalue weighted by Crippen LogP contribution is -2.41. The predicted octanol–water partition coefficient (Wildman–Crippen LogP) is 4.68. The number of carboxylic acid groups (broad SMARTS) is 1. The van der Waals surface area contributed by atoms with Gasteiger partial charge in [0.15, 0.2) is 0 Å². The van der Waals surface area contributed by atoms with Crippen molar-refractivity contribution in [1.29, 1.82) is 0 Å². The molecule has 7 nitrogen and oxygen atoms in total. The maximum Gasteiger partial charge on any atom is 0.303 e. The molecule has 36 heavy (non-hydrogen) atoms. The molecule has 0 radical (unpaired) electrons. The lowest BCUT2D eigenvalue weighted by Gasteiger charge is -2.38. The number of piperidine rings is 1. The number of methoxy groups -OCH3 is 1. The van der Waals surface area contributed by atoms with E-state index in [1.54, 1.807) is 31.6 Å². The van der Waals surface area contributed by atoms with Gasteiger partial charge in [0, 0.05) is 30.7 Å². The van der Waals surface area contributed by atoms with Crippen molar-refractivity contribution < 1.29 is 19.0 Å². The Kier molecular flexibility index (Phi) is 8.80. The SMILES string of the molecule is COc1ccc2nccc([C@@H](F)CCC3CCN(CC#Cc4ccncn4)CC3CCC(=O)O)c2c1. The molecule has 1 N–H and O–H groups in total. The van der Waals surface area contributed by atoms with Gasteiger partial charge in [0.05, 0.1) is 19.2 Å². The quantitative estimate of drug-likeness (QED) is 0.436. The van der Waals surface area contributed by atoms with E-state index in [1.807, 2.05) is 18.2 Å². The van der Waals surface area contributed by atoms with E-state index >= 15 is 4.39 Å². The van der Waals surface area contributed by atoms with Crippen LogP contribution in [0, 0.1) is 23.7 Å². The van der Waals surface area contributed by atoms with Crippen LogP contribution >= 0.6 is 0 Å². The van der Waals surface area contributed by atoms with Gasteiger partial charge in [-0.1, -0.05) is 5.92 Å². The number of ether oxygens (including phenoxy) is 1. The number of pyridine rings is 1. The number of alkyl halides is 1. The summed E-state index contributed by atoms with van der Waals surface area (Å²) in [4.78, 5) is 25.9. The van der Waals surface area contributed by atoms with Crippen LogP contribution in [0.2, 0.25) is 0 Å². The molecule has 0 amide bonds. The van der Waals surface area contributed by atoms with Crippen molar-refractivity contribution in [2.75, 3.05) is 26.7 Å². The van der Waals surface area contributed by atoms with Gasteiger partial charge in [-0.25, -0.2) is 14.4 Å². The second-order valence-electron chi connectivity index (χ2n) is 9.20. The molecule has 3 aromatic rings. The first-order valence-electron chi connectivity index (χ1n) is 12.3. The summed E-state index contributed by atoms with van der Waals surface area (Å²) in [6.45, 7) is 2.22. The number of likely N-dealkylation sites (tertiary alicyclic amines) is 1. The molecular formula is C28H31FN4O3. The summed E-state index contributed by atoms with van der Waals surface area (Å²) in [5, 5.41) is 10.0. The third kappa shape index (κ3) is 6.76. The number of aliphatic carboxylic acids is 1. The normalized spacial score (nSPS) is 18.8. The van der Waals surface area contributed by atoms with Gasteiger partial charge in [0.2, 0.25) is 0 Å². The standard InChI is InChI=1S/C28H31FN4O3/c1-36-23-6-8-27-25(17-23)24(11-14-31-27)26(29)7-4-20-12-16-33(18-21(20)5-9-28(34)35)15-2-3-22-10-13-30-19-32-22/h6,8,10-11,13-14,17,19-21,26H,4-5,7,9,12,15-16,18H2,1H3,(H,34,35)/t20?,21?,26-/m0/s1. The molecule has 1 aliphatic rings. The monoisotopic (exact) mass is 490 g/mol. The molecule has 8 heteroatoms. The number of carbonyl (C=O) groups is 1. The van der Waals surface area contributed by atoms with Crippen LogP contribution in [0.3, 0.4) is 0 Å². The molecule has 1 fully saturated rings. The fourth-order valence-corrected chi connectivity index (χ4v) is 4.98. The van der Waals surface area contributed by atoms with Gasteiger partial charge in [-0.2, -0.15) is 0 Å². The van der Waals surface area contributed by atoms with Crippen LogP contribution < -0.4 is 4.74 Å². The van der Waals surface area contributed by atoms with Crippen LogP contribution in [-0.4, -0.2) is 57.7 Å². The lowest BCUT2D eigenvalue weighted by molar-refractivity contribution is -0.137. The average Bonchev–Trinajstić information content (AvgIpc) is 2.91. The minimum Gasteiger partial charge on any atom is -0.497 e. The van der Waals surface area contributed by atoms with Gasteiger partial charge in [0.25, 0.3) is 0 Å². The summed E-state index contributed by atoms with van der Waals surface area (Å²) in [6, 6.07) is 9.01. The maximum atomic E-state index is 15.5. The summed E-state index contributed by atoms with van der Waals surface area (Å²) < 4.78 is 20.8. The molecule has 0 saturated carbocycles. The molecule has 1 aliphatic heterocycles. The summed E-state index contributed by atoms with van der Waals surface area (Å²) in [5.74, 6) is 6.56. The first-order chi connectivity index (χ1) is 17.5. The average molecular weight is 491 g/mol. The smallest absolute Gasteiger partial charge is 0.303 e. The Hall–Kier alpha value is -3.57. The highest BCUT2D eigenvalue weighted by Gasteiger charge is 2.30. The fraction of sp³-hybridized carbons (Fsp3) is 0.429. The highest BCUT2D eigenvalue weighted by Crippen LogP contribution is 2.36. The number of nitrogens with zero attached hydrogens (tertiary/aromatic N) is 4. The van der Waals surface area contributed by atoms with E-state index < -0.39 is 12.1 Å². The van der Waals surface area contributed by atoms with Gasteiger partial charge in [-0.15, -0.1) is 0 Å². The van der Waals surface area contributed by atoms with Crippen LogP contribution in [0.25, 0.3) is 10.9 Å². The zero-order valence-corrected chi connectivity index (χ0v) is 20.4. The molecule has 3 heterocycles. The maximum absolute atomic E-state index is 15.5. The third-order valence-corrected chi connectivity index (χ3v) is 6.92. The highest BCUT2D eigenvalue weighted by atomic mass is 19.1. The van der Waals surface area contributed by atoms with Crippen LogP contribution in [0.5, 0.6) is 5.75 Å². The number of aromatic nitrogens is 3. The molecule has 1 saturated heterocycles.